The minimum Gasteiger partial charge on any atom is -0.367 e. The normalized spacial score (nSPS) is 13.9. The number of halogens is 3. The van der Waals surface area contributed by atoms with Crippen LogP contribution in [0.25, 0.3) is 0 Å². The molecule has 4 N–H and O–H groups in total. The minimum atomic E-state index is -4.55. The topological polar surface area (TPSA) is 97.1 Å². The lowest BCUT2D eigenvalue weighted by molar-refractivity contribution is -0.137. The fourth-order valence-electron chi connectivity index (χ4n) is 1.59. The summed E-state index contributed by atoms with van der Waals surface area (Å²) in [5.41, 5.74) is 1.10. The first kappa shape index (κ1) is 16.5. The number of nitrogens with zero attached hydrogens (tertiary/aromatic N) is 1. The lowest BCUT2D eigenvalue weighted by Crippen LogP contribution is -2.26. The van der Waals surface area contributed by atoms with Crippen LogP contribution in [0.4, 0.5) is 24.8 Å². The zero-order valence-corrected chi connectivity index (χ0v) is 11.6. The molecule has 0 saturated carbocycles. The highest BCUT2D eigenvalue weighted by atomic mass is 32.2. The van der Waals surface area contributed by atoms with Gasteiger partial charge in [-0.1, -0.05) is 0 Å². The maximum Gasteiger partial charge on any atom is 0.416 e. The molecule has 0 saturated heterocycles. The number of alkyl halides is 3. The molecule has 114 valence electrons. The van der Waals surface area contributed by atoms with E-state index >= 15 is 0 Å². The van der Waals surface area contributed by atoms with Crippen LogP contribution in [0.2, 0.25) is 0 Å². The SMILES string of the molecule is CC(CS(C)(=O)=O)Nc1cc(C(F)(F)F)cc(NN)n1. The van der Waals surface area contributed by atoms with Gasteiger partial charge >= 0.3 is 6.18 Å². The highest BCUT2D eigenvalue weighted by molar-refractivity contribution is 7.90. The molecule has 10 heteroatoms. The predicted octanol–water partition coefficient (Wildman–Crippen LogP) is 1.23. The summed E-state index contributed by atoms with van der Waals surface area (Å²) in [5, 5.41) is 2.60. The van der Waals surface area contributed by atoms with Crippen molar-refractivity contribution in [3.63, 3.8) is 0 Å². The van der Waals surface area contributed by atoms with Crippen LogP contribution in [0.3, 0.4) is 0 Å². The van der Waals surface area contributed by atoms with E-state index in [4.69, 9.17) is 5.84 Å². The molecule has 0 bridgehead atoms. The van der Waals surface area contributed by atoms with E-state index in [1.54, 1.807) is 0 Å². The third-order valence-electron chi connectivity index (χ3n) is 2.25. The zero-order chi connectivity index (χ0) is 15.6. The van der Waals surface area contributed by atoms with Crippen molar-refractivity contribution in [2.75, 3.05) is 22.8 Å². The molecule has 0 amide bonds. The molecule has 0 aliphatic heterocycles. The highest BCUT2D eigenvalue weighted by Gasteiger charge is 2.31. The molecule has 0 spiro atoms. The van der Waals surface area contributed by atoms with Crippen LogP contribution < -0.4 is 16.6 Å². The van der Waals surface area contributed by atoms with Crippen molar-refractivity contribution in [3.8, 4) is 0 Å². The number of sulfone groups is 1. The third-order valence-corrected chi connectivity index (χ3v) is 3.35. The zero-order valence-electron chi connectivity index (χ0n) is 10.8. The average molecular weight is 312 g/mol. The maximum atomic E-state index is 12.7. The monoisotopic (exact) mass is 312 g/mol. The quantitative estimate of drug-likeness (QED) is 0.559. The summed E-state index contributed by atoms with van der Waals surface area (Å²) < 4.78 is 60.2. The van der Waals surface area contributed by atoms with Gasteiger partial charge in [-0.05, 0) is 19.1 Å². The molecule has 1 aromatic rings. The van der Waals surface area contributed by atoms with Crippen LogP contribution in [0.1, 0.15) is 12.5 Å². The Kier molecular flexibility index (Phi) is 4.81. The Labute approximate surface area is 114 Å². The summed E-state index contributed by atoms with van der Waals surface area (Å²) in [5.74, 6) is 4.55. The van der Waals surface area contributed by atoms with Crippen LogP contribution in [0.15, 0.2) is 12.1 Å². The van der Waals surface area contributed by atoms with E-state index in [1.165, 1.54) is 6.92 Å². The third kappa shape index (κ3) is 5.21. The van der Waals surface area contributed by atoms with Gasteiger partial charge in [-0.2, -0.15) is 13.2 Å². The van der Waals surface area contributed by atoms with Crippen molar-refractivity contribution in [1.29, 1.82) is 0 Å². The van der Waals surface area contributed by atoms with Crippen LogP contribution in [0, 0.1) is 0 Å². The molecule has 0 aliphatic carbocycles. The lowest BCUT2D eigenvalue weighted by atomic mass is 10.2. The summed E-state index contributed by atoms with van der Waals surface area (Å²) in [6.45, 7) is 1.53. The second kappa shape index (κ2) is 5.83. The molecule has 0 radical (unpaired) electrons. The Morgan fingerprint density at radius 3 is 2.35 bits per heavy atom. The summed E-state index contributed by atoms with van der Waals surface area (Å²) in [6.07, 6.45) is -3.51. The molecule has 1 unspecified atom stereocenters. The summed E-state index contributed by atoms with van der Waals surface area (Å²) in [4.78, 5) is 3.79. The summed E-state index contributed by atoms with van der Waals surface area (Å²) in [7, 11) is -3.25. The second-order valence-corrected chi connectivity index (χ2v) is 6.59. The Morgan fingerprint density at radius 1 is 1.35 bits per heavy atom. The first-order valence-corrected chi connectivity index (χ1v) is 7.57. The molecule has 1 atom stereocenters. The van der Waals surface area contributed by atoms with E-state index in [1.807, 2.05) is 5.43 Å². The number of hydrogen-bond donors (Lipinski definition) is 3. The van der Waals surface area contributed by atoms with Gasteiger partial charge in [0.1, 0.15) is 21.5 Å². The Balaban J connectivity index is 3.00. The number of nitrogen functional groups attached to an aromatic ring is 1. The highest BCUT2D eigenvalue weighted by Crippen LogP contribution is 2.32. The van der Waals surface area contributed by atoms with Gasteiger partial charge in [0.15, 0.2) is 0 Å². The van der Waals surface area contributed by atoms with Crippen molar-refractivity contribution in [2.45, 2.75) is 19.1 Å². The minimum absolute atomic E-state index is 0.107. The number of nitrogens with two attached hydrogens (primary N) is 1. The molecule has 1 rings (SSSR count). The van der Waals surface area contributed by atoms with E-state index < -0.39 is 27.6 Å². The number of anilines is 2. The van der Waals surface area contributed by atoms with Crippen molar-refractivity contribution < 1.29 is 21.6 Å². The Morgan fingerprint density at radius 2 is 1.90 bits per heavy atom. The van der Waals surface area contributed by atoms with Gasteiger partial charge in [0, 0.05) is 12.3 Å². The Hall–Kier alpha value is -1.55. The number of hydrogen-bond acceptors (Lipinski definition) is 6. The van der Waals surface area contributed by atoms with Gasteiger partial charge in [0.25, 0.3) is 0 Å². The first-order chi connectivity index (χ1) is 9.01. The molecule has 1 aromatic heterocycles. The van der Waals surface area contributed by atoms with Crippen molar-refractivity contribution in [1.82, 2.24) is 4.98 Å². The van der Waals surface area contributed by atoms with Gasteiger partial charge in [0.05, 0.1) is 11.3 Å². The second-order valence-electron chi connectivity index (χ2n) is 4.41. The maximum absolute atomic E-state index is 12.7. The number of nitrogens with one attached hydrogen (secondary N) is 2. The van der Waals surface area contributed by atoms with Crippen LogP contribution in [-0.4, -0.2) is 31.5 Å². The number of rotatable bonds is 5. The van der Waals surface area contributed by atoms with Gasteiger partial charge < -0.3 is 10.7 Å². The van der Waals surface area contributed by atoms with Gasteiger partial charge in [0.2, 0.25) is 0 Å². The van der Waals surface area contributed by atoms with E-state index in [-0.39, 0.29) is 17.4 Å². The standard InChI is InChI=1S/C10H15F3N4O2S/c1-6(5-20(2,18)19)15-8-3-7(10(11,12)13)4-9(16-8)17-14/h3-4,6H,5,14H2,1-2H3,(H2,15,16,17). The van der Waals surface area contributed by atoms with Crippen molar-refractivity contribution in [2.24, 2.45) is 5.84 Å². The molecule has 1 heterocycles. The summed E-state index contributed by atoms with van der Waals surface area (Å²) >= 11 is 0. The Bertz CT molecular complexity index is 574. The molecule has 0 aliphatic rings. The predicted molar refractivity (Wildman–Crippen MR) is 69.8 cm³/mol. The van der Waals surface area contributed by atoms with Crippen LogP contribution in [-0.2, 0) is 16.0 Å². The average Bonchev–Trinajstić information content (AvgIpc) is 2.24. The number of pyridine rings is 1. The van der Waals surface area contributed by atoms with Crippen molar-refractivity contribution >= 4 is 21.5 Å². The van der Waals surface area contributed by atoms with E-state index in [2.05, 4.69) is 10.3 Å². The fraction of sp³-hybridized carbons (Fsp3) is 0.500. The molecular formula is C10H15F3N4O2S. The summed E-state index contributed by atoms with van der Waals surface area (Å²) in [6, 6.07) is 0.957. The molecule has 6 nitrogen and oxygen atoms in total. The van der Waals surface area contributed by atoms with Gasteiger partial charge in [-0.15, -0.1) is 0 Å². The number of aromatic nitrogens is 1. The van der Waals surface area contributed by atoms with Crippen LogP contribution >= 0.6 is 0 Å². The van der Waals surface area contributed by atoms with E-state index in [0.717, 1.165) is 18.4 Å². The largest absolute Gasteiger partial charge is 0.416 e. The smallest absolute Gasteiger partial charge is 0.367 e. The van der Waals surface area contributed by atoms with Gasteiger partial charge in [-0.3, -0.25) is 0 Å². The van der Waals surface area contributed by atoms with Crippen LogP contribution in [0.5, 0.6) is 0 Å². The van der Waals surface area contributed by atoms with E-state index in [0.29, 0.717) is 0 Å². The van der Waals surface area contributed by atoms with E-state index in [9.17, 15) is 21.6 Å². The lowest BCUT2D eigenvalue weighted by Gasteiger charge is -2.16. The van der Waals surface area contributed by atoms with Crippen molar-refractivity contribution in [3.05, 3.63) is 17.7 Å². The molecule has 0 fully saturated rings. The number of hydrazine groups is 1. The molecule has 20 heavy (non-hydrogen) atoms. The molecule has 0 aromatic carbocycles. The first-order valence-electron chi connectivity index (χ1n) is 5.51. The fourth-order valence-corrected chi connectivity index (χ4v) is 2.58. The molecular weight excluding hydrogens is 297 g/mol. The van der Waals surface area contributed by atoms with Gasteiger partial charge in [-0.25, -0.2) is 19.2 Å².